The second-order valence-electron chi connectivity index (χ2n) is 14.2. The van der Waals surface area contributed by atoms with Gasteiger partial charge in [0.15, 0.2) is 0 Å². The van der Waals surface area contributed by atoms with Crippen LogP contribution < -0.4 is 15.1 Å². The number of nitrogens with one attached hydrogen (secondary N) is 1. The van der Waals surface area contributed by atoms with E-state index in [1.165, 1.54) is 4.90 Å². The number of hydrazine groups is 1. The predicted octanol–water partition coefficient (Wildman–Crippen LogP) is 6.12. The summed E-state index contributed by atoms with van der Waals surface area (Å²) in [5.74, 6) is -4.23. The van der Waals surface area contributed by atoms with Crippen LogP contribution in [0.2, 0.25) is 0 Å². The Kier molecular flexibility index (Phi) is 8.54. The maximum Gasteiger partial charge on any atom is 0.260 e. The smallest absolute Gasteiger partial charge is 0.260 e. The fraction of sp³-hybridized carbons (Fsp3) is 0.302. The van der Waals surface area contributed by atoms with Gasteiger partial charge < -0.3 is 9.84 Å². The van der Waals surface area contributed by atoms with E-state index in [4.69, 9.17) is 4.74 Å². The van der Waals surface area contributed by atoms with E-state index in [1.54, 1.807) is 0 Å². The van der Waals surface area contributed by atoms with Gasteiger partial charge in [0.2, 0.25) is 11.8 Å². The van der Waals surface area contributed by atoms with Crippen LogP contribution in [0.25, 0.3) is 0 Å². The second kappa shape index (κ2) is 13.2. The molecular formula is C43H41N3O6. The average Bonchev–Trinajstić information content (AvgIpc) is 3.56. The van der Waals surface area contributed by atoms with Crippen molar-refractivity contribution < 1.29 is 29.0 Å². The summed E-state index contributed by atoms with van der Waals surface area (Å²) < 4.78 is 6.13. The van der Waals surface area contributed by atoms with E-state index in [0.29, 0.717) is 34.7 Å². The summed E-state index contributed by atoms with van der Waals surface area (Å²) in [6.07, 6.45) is 3.41. The summed E-state index contributed by atoms with van der Waals surface area (Å²) in [6.45, 7) is 3.84. The normalized spacial score (nSPS) is 26.5. The van der Waals surface area contributed by atoms with Crippen LogP contribution >= 0.6 is 0 Å². The van der Waals surface area contributed by atoms with Crippen LogP contribution in [0.1, 0.15) is 47.9 Å². The number of allylic oxidation sites excluding steroid dienone is 2. The van der Waals surface area contributed by atoms with Gasteiger partial charge in [-0.1, -0.05) is 96.9 Å². The van der Waals surface area contributed by atoms with Gasteiger partial charge in [-0.15, -0.1) is 0 Å². The van der Waals surface area contributed by atoms with Crippen LogP contribution in [0, 0.1) is 30.6 Å². The number of ether oxygens (including phenoxy) is 1. The molecule has 4 aliphatic rings. The topological polar surface area (TPSA) is 116 Å². The third kappa shape index (κ3) is 5.09. The minimum atomic E-state index is -1.41. The fourth-order valence-electron chi connectivity index (χ4n) is 9.23. The van der Waals surface area contributed by atoms with Crippen LogP contribution in [0.3, 0.4) is 0 Å². The number of imide groups is 2. The largest absolute Gasteiger partial charge is 0.491 e. The lowest BCUT2D eigenvalue weighted by Gasteiger charge is -2.50. The van der Waals surface area contributed by atoms with Crippen LogP contribution in [0.5, 0.6) is 5.75 Å². The number of anilines is 2. The number of carbonyl (C=O) groups is 4. The number of rotatable bonds is 9. The highest BCUT2D eigenvalue weighted by molar-refractivity contribution is 6.22. The number of amides is 4. The summed E-state index contributed by atoms with van der Waals surface area (Å²) in [6, 6.07) is 31.9. The third-order valence-electron chi connectivity index (χ3n) is 11.6. The van der Waals surface area contributed by atoms with E-state index in [2.05, 4.69) is 12.3 Å². The van der Waals surface area contributed by atoms with Crippen molar-refractivity contribution in [2.45, 2.75) is 44.4 Å². The molecule has 9 nitrogen and oxygen atoms in total. The van der Waals surface area contributed by atoms with Gasteiger partial charge in [0.1, 0.15) is 12.4 Å². The first-order valence-corrected chi connectivity index (χ1v) is 18.1. The van der Waals surface area contributed by atoms with Gasteiger partial charge >= 0.3 is 0 Å². The highest BCUT2D eigenvalue weighted by atomic mass is 16.5. The first-order chi connectivity index (χ1) is 25.3. The molecule has 2 N–H and O–H groups in total. The molecule has 3 fully saturated rings. The Morgan fingerprint density at radius 3 is 2.25 bits per heavy atom. The Bertz CT molecular complexity index is 2080. The Balaban J connectivity index is 1.31. The molecule has 9 heteroatoms. The number of benzene rings is 4. The molecule has 0 aromatic heterocycles. The van der Waals surface area contributed by atoms with Crippen LogP contribution in [0.4, 0.5) is 11.4 Å². The van der Waals surface area contributed by atoms with Gasteiger partial charge in [-0.2, -0.15) is 5.01 Å². The molecule has 1 saturated carbocycles. The van der Waals surface area contributed by atoms with Crippen LogP contribution in [-0.4, -0.2) is 47.0 Å². The van der Waals surface area contributed by atoms with Crippen LogP contribution in [-0.2, 0) is 31.0 Å². The molecule has 52 heavy (non-hydrogen) atoms. The van der Waals surface area contributed by atoms with Gasteiger partial charge in [-0.05, 0) is 73.6 Å². The summed E-state index contributed by atoms with van der Waals surface area (Å²) in [5, 5.41) is 10.9. The molecule has 0 spiro atoms. The van der Waals surface area contributed by atoms with E-state index in [0.717, 1.165) is 28.1 Å². The average molecular weight is 696 g/mol. The van der Waals surface area contributed by atoms with Gasteiger partial charge in [0.05, 0.1) is 41.2 Å². The van der Waals surface area contributed by atoms with Crippen molar-refractivity contribution in [3.63, 3.8) is 0 Å². The zero-order chi connectivity index (χ0) is 36.1. The van der Waals surface area contributed by atoms with E-state index in [9.17, 15) is 19.5 Å². The maximum atomic E-state index is 15.4. The number of aliphatic hydroxyl groups excluding tert-OH is 1. The number of hydrogen-bond acceptors (Lipinski definition) is 7. The second-order valence-corrected chi connectivity index (χ2v) is 14.2. The van der Waals surface area contributed by atoms with Crippen molar-refractivity contribution >= 4 is 35.0 Å². The minimum absolute atomic E-state index is 0.0332. The third-order valence-corrected chi connectivity index (χ3v) is 11.6. The number of aryl methyl sites for hydroxylation is 2. The fourth-order valence-corrected chi connectivity index (χ4v) is 9.23. The van der Waals surface area contributed by atoms with E-state index >= 15 is 4.79 Å². The molecule has 6 atom stereocenters. The molecule has 2 heterocycles. The van der Waals surface area contributed by atoms with E-state index < -0.39 is 46.8 Å². The van der Waals surface area contributed by atoms with Gasteiger partial charge in [-0.25, -0.2) is 0 Å². The molecular weight excluding hydrogens is 654 g/mol. The van der Waals surface area contributed by atoms with Crippen molar-refractivity contribution in [2.75, 3.05) is 23.5 Å². The summed E-state index contributed by atoms with van der Waals surface area (Å²) >= 11 is 0. The lowest BCUT2D eigenvalue weighted by Crippen LogP contribution is -2.53. The number of carbonyl (C=O) groups excluding carboxylic acids is 4. The Hall–Kier alpha value is -5.54. The molecule has 8 rings (SSSR count). The van der Waals surface area contributed by atoms with Crippen molar-refractivity contribution in [1.82, 2.24) is 5.01 Å². The molecule has 264 valence electrons. The first kappa shape index (κ1) is 33.6. The lowest BCUT2D eigenvalue weighted by atomic mass is 9.49. The predicted molar refractivity (Wildman–Crippen MR) is 196 cm³/mol. The Labute approximate surface area is 302 Å². The van der Waals surface area contributed by atoms with Crippen LogP contribution in [0.15, 0.2) is 115 Å². The zero-order valence-electron chi connectivity index (χ0n) is 29.2. The van der Waals surface area contributed by atoms with Crippen molar-refractivity contribution in [3.05, 3.63) is 137 Å². The van der Waals surface area contributed by atoms with E-state index in [1.807, 2.05) is 116 Å². The maximum absolute atomic E-state index is 15.4. The monoisotopic (exact) mass is 695 g/mol. The highest BCUT2D eigenvalue weighted by Gasteiger charge is 2.70. The molecule has 2 aliphatic heterocycles. The molecule has 0 unspecified atom stereocenters. The minimum Gasteiger partial charge on any atom is -0.491 e. The number of hydrogen-bond donors (Lipinski definition) is 2. The Morgan fingerprint density at radius 2 is 1.54 bits per heavy atom. The number of aliphatic hydroxyl groups is 1. The number of nitrogens with zero attached hydrogens (tertiary/aromatic N) is 2. The van der Waals surface area contributed by atoms with Crippen molar-refractivity contribution in [3.8, 4) is 5.75 Å². The molecule has 4 aromatic carbocycles. The quantitative estimate of drug-likeness (QED) is 0.160. The first-order valence-electron chi connectivity index (χ1n) is 18.1. The molecule has 0 radical (unpaired) electrons. The standard InChI is InChI=1S/C43H41N3O6/c1-3-27-15-19-30(20-16-27)45-39(48)33-22-21-31-34(37(33)41(45)50)25-35-40(49)46(44-29-17-13-26(2)14-18-29)42(51)43(35,28-9-5-4-6-10-28)38(31)32-11-7-8-12-36(32)52-24-23-47/h4-21,33-35,37-38,44,47H,3,22-25H2,1-2H3/t33-,34+,35-,37-,38+,43+/m0/s1. The molecule has 4 amide bonds. The van der Waals surface area contributed by atoms with Crippen molar-refractivity contribution in [2.24, 2.45) is 23.7 Å². The Morgan fingerprint density at radius 1 is 0.827 bits per heavy atom. The molecule has 4 aromatic rings. The van der Waals surface area contributed by atoms with Gasteiger partial charge in [-0.3, -0.25) is 29.5 Å². The number of para-hydroxylation sites is 1. The summed E-state index contributed by atoms with van der Waals surface area (Å²) in [7, 11) is 0. The summed E-state index contributed by atoms with van der Waals surface area (Å²) in [4.78, 5) is 60.3. The molecule has 2 aliphatic carbocycles. The lowest BCUT2D eigenvalue weighted by molar-refractivity contribution is -0.138. The molecule has 2 saturated heterocycles. The summed E-state index contributed by atoms with van der Waals surface area (Å²) in [5.41, 5.74) is 7.22. The van der Waals surface area contributed by atoms with Crippen molar-refractivity contribution in [1.29, 1.82) is 0 Å². The molecule has 0 bridgehead atoms. The zero-order valence-corrected chi connectivity index (χ0v) is 29.2. The SMILES string of the molecule is CCc1ccc(N2C(=O)[C@H]3[C@H](CC=C4[C@H]3C[C@H]3C(=O)N(Nc5ccc(C)cc5)C(=O)[C@@]3(c3ccccc3)[C@H]4c3ccccc3OCCO)C2=O)cc1. The number of fused-ring (bicyclic) bond motifs is 4. The van der Waals surface area contributed by atoms with Gasteiger partial charge in [0, 0.05) is 11.5 Å². The highest BCUT2D eigenvalue weighted by Crippen LogP contribution is 2.65. The van der Waals surface area contributed by atoms with Gasteiger partial charge in [0.25, 0.3) is 11.8 Å². The van der Waals surface area contributed by atoms with E-state index in [-0.39, 0.29) is 31.4 Å².